The molecule has 0 radical (unpaired) electrons. The van der Waals surface area contributed by atoms with Crippen LogP contribution in [0, 0.1) is 11.3 Å². The lowest BCUT2D eigenvalue weighted by Gasteiger charge is -2.13. The molecular formula is C13H12F3NO3S. The van der Waals surface area contributed by atoms with Crippen LogP contribution in [0.3, 0.4) is 0 Å². The van der Waals surface area contributed by atoms with Crippen LogP contribution in [0.1, 0.15) is 18.1 Å². The maximum absolute atomic E-state index is 12.5. The first-order chi connectivity index (χ1) is 9.80. The summed E-state index contributed by atoms with van der Waals surface area (Å²) in [6.07, 6.45) is -0.292. The van der Waals surface area contributed by atoms with Gasteiger partial charge in [-0.2, -0.15) is 18.4 Å². The molecule has 114 valence electrons. The maximum atomic E-state index is 12.5. The quantitative estimate of drug-likeness (QED) is 0.616. The highest BCUT2D eigenvalue weighted by Crippen LogP contribution is 2.41. The fraction of sp³-hybridized carbons (Fsp3) is 0.385. The van der Waals surface area contributed by atoms with Gasteiger partial charge in [0.2, 0.25) is 0 Å². The molecule has 1 aromatic carbocycles. The van der Waals surface area contributed by atoms with Crippen molar-refractivity contribution in [1.82, 2.24) is 0 Å². The zero-order valence-corrected chi connectivity index (χ0v) is 12.1. The van der Waals surface area contributed by atoms with Crippen LogP contribution in [-0.2, 0) is 16.0 Å². The van der Waals surface area contributed by atoms with Crippen molar-refractivity contribution in [3.63, 3.8) is 0 Å². The van der Waals surface area contributed by atoms with Gasteiger partial charge in [0.05, 0.1) is 25.7 Å². The van der Waals surface area contributed by atoms with Gasteiger partial charge in [-0.3, -0.25) is 4.79 Å². The van der Waals surface area contributed by atoms with Crippen molar-refractivity contribution in [2.45, 2.75) is 23.7 Å². The van der Waals surface area contributed by atoms with Gasteiger partial charge in [0, 0.05) is 4.90 Å². The maximum Gasteiger partial charge on any atom is 0.446 e. The summed E-state index contributed by atoms with van der Waals surface area (Å²) in [7, 11) is 1.29. The summed E-state index contributed by atoms with van der Waals surface area (Å²) in [5, 5.41) is 9.08. The van der Waals surface area contributed by atoms with Crippen molar-refractivity contribution in [1.29, 1.82) is 5.26 Å². The van der Waals surface area contributed by atoms with Crippen LogP contribution in [0.4, 0.5) is 13.2 Å². The highest BCUT2D eigenvalue weighted by Gasteiger charge is 2.31. The van der Waals surface area contributed by atoms with E-state index >= 15 is 0 Å². The molecule has 0 atom stereocenters. The normalized spacial score (nSPS) is 10.9. The van der Waals surface area contributed by atoms with Crippen molar-refractivity contribution >= 4 is 17.7 Å². The summed E-state index contributed by atoms with van der Waals surface area (Å²) >= 11 is -0.419. The number of halogens is 3. The molecule has 0 amide bonds. The van der Waals surface area contributed by atoms with Gasteiger partial charge in [-0.05, 0) is 36.4 Å². The zero-order valence-electron chi connectivity index (χ0n) is 11.3. The summed E-state index contributed by atoms with van der Waals surface area (Å²) in [4.78, 5) is 11.2. The molecule has 0 spiro atoms. The number of hydrogen-bond acceptors (Lipinski definition) is 5. The third kappa shape index (κ3) is 5.19. The van der Waals surface area contributed by atoms with E-state index in [1.165, 1.54) is 13.2 Å². The molecule has 0 saturated heterocycles. The van der Waals surface area contributed by atoms with Crippen LogP contribution < -0.4 is 4.74 Å². The molecule has 0 aliphatic carbocycles. The lowest BCUT2D eigenvalue weighted by molar-refractivity contribution is -0.142. The Morgan fingerprint density at radius 2 is 2.10 bits per heavy atom. The number of carbonyl (C=O) groups is 1. The van der Waals surface area contributed by atoms with E-state index in [0.717, 1.165) is 6.07 Å². The molecule has 0 fully saturated rings. The van der Waals surface area contributed by atoms with E-state index in [1.807, 2.05) is 0 Å². The molecule has 21 heavy (non-hydrogen) atoms. The van der Waals surface area contributed by atoms with Crippen molar-refractivity contribution in [3.8, 4) is 11.8 Å². The van der Waals surface area contributed by atoms with Crippen LogP contribution in [0.2, 0.25) is 0 Å². The van der Waals surface area contributed by atoms with Crippen molar-refractivity contribution < 1.29 is 27.4 Å². The van der Waals surface area contributed by atoms with Crippen molar-refractivity contribution in [2.75, 3.05) is 13.7 Å². The van der Waals surface area contributed by atoms with Gasteiger partial charge < -0.3 is 9.47 Å². The minimum atomic E-state index is -4.54. The molecular weight excluding hydrogens is 307 g/mol. The monoisotopic (exact) mass is 319 g/mol. The first-order valence-corrected chi connectivity index (χ1v) is 6.64. The highest BCUT2D eigenvalue weighted by atomic mass is 32.2. The number of benzene rings is 1. The van der Waals surface area contributed by atoms with Crippen LogP contribution in [0.25, 0.3) is 0 Å². The predicted octanol–water partition coefficient (Wildman–Crippen LogP) is 3.28. The number of alkyl halides is 3. The molecule has 0 bridgehead atoms. The Labute approximate surface area is 123 Å². The Hall–Kier alpha value is -1.88. The largest absolute Gasteiger partial charge is 0.497 e. The van der Waals surface area contributed by atoms with E-state index in [9.17, 15) is 18.0 Å². The van der Waals surface area contributed by atoms with E-state index in [4.69, 9.17) is 14.7 Å². The summed E-state index contributed by atoms with van der Waals surface area (Å²) < 4.78 is 47.2. The Morgan fingerprint density at radius 1 is 1.43 bits per heavy atom. The Morgan fingerprint density at radius 3 is 2.57 bits per heavy atom. The van der Waals surface area contributed by atoms with E-state index in [1.54, 1.807) is 13.0 Å². The lowest BCUT2D eigenvalue weighted by atomic mass is 10.0. The first kappa shape index (κ1) is 17.2. The first-order valence-electron chi connectivity index (χ1n) is 5.83. The van der Waals surface area contributed by atoms with Crippen LogP contribution >= 0.6 is 11.8 Å². The number of carbonyl (C=O) groups excluding carboxylic acids is 1. The Kier molecular flexibility index (Phi) is 5.90. The lowest BCUT2D eigenvalue weighted by Crippen LogP contribution is -2.10. The number of rotatable bonds is 5. The second-order valence-corrected chi connectivity index (χ2v) is 4.91. The number of nitriles is 1. The van der Waals surface area contributed by atoms with Gasteiger partial charge in [-0.1, -0.05) is 0 Å². The SMILES string of the molecule is CCOC(=O)Cc1cc(OC)cc(SC(F)(F)F)c1C#N. The molecule has 8 heteroatoms. The summed E-state index contributed by atoms with van der Waals surface area (Å²) in [5.74, 6) is -0.481. The number of thioether (sulfide) groups is 1. The molecule has 0 unspecified atom stereocenters. The summed E-state index contributed by atoms with van der Waals surface area (Å²) in [6, 6.07) is 4.17. The van der Waals surface area contributed by atoms with Gasteiger partial charge in [0.25, 0.3) is 0 Å². The standard InChI is InChI=1S/C13H12F3NO3S/c1-3-20-12(18)5-8-4-9(19-2)6-11(10(8)7-17)21-13(14,15)16/h4,6H,3,5H2,1-2H3. The molecule has 0 aliphatic heterocycles. The number of methoxy groups -OCH3 is 1. The smallest absolute Gasteiger partial charge is 0.446 e. The van der Waals surface area contributed by atoms with E-state index in [0.29, 0.717) is 0 Å². The second kappa shape index (κ2) is 7.22. The number of ether oxygens (including phenoxy) is 2. The summed E-state index contributed by atoms with van der Waals surface area (Å²) in [5.41, 5.74) is -4.60. The zero-order chi connectivity index (χ0) is 16.0. The van der Waals surface area contributed by atoms with Crippen LogP contribution in [0.15, 0.2) is 17.0 Å². The molecule has 0 saturated carbocycles. The average molecular weight is 319 g/mol. The fourth-order valence-electron chi connectivity index (χ4n) is 1.60. The third-order valence-electron chi connectivity index (χ3n) is 2.37. The number of nitrogens with zero attached hydrogens (tertiary/aromatic N) is 1. The fourth-order valence-corrected chi connectivity index (χ4v) is 2.31. The van der Waals surface area contributed by atoms with Crippen LogP contribution in [-0.4, -0.2) is 25.2 Å². The number of esters is 1. The van der Waals surface area contributed by atoms with Crippen LogP contribution in [0.5, 0.6) is 5.75 Å². The highest BCUT2D eigenvalue weighted by molar-refractivity contribution is 8.00. The molecule has 4 nitrogen and oxygen atoms in total. The van der Waals surface area contributed by atoms with Crippen molar-refractivity contribution in [3.05, 3.63) is 23.3 Å². The Bertz CT molecular complexity index is 567. The summed E-state index contributed by atoms with van der Waals surface area (Å²) in [6.45, 7) is 1.76. The van der Waals surface area contributed by atoms with E-state index < -0.39 is 23.2 Å². The molecule has 0 heterocycles. The Balaban J connectivity index is 3.25. The predicted molar refractivity (Wildman–Crippen MR) is 70.0 cm³/mol. The van der Waals surface area contributed by atoms with E-state index in [2.05, 4.69) is 0 Å². The van der Waals surface area contributed by atoms with Gasteiger partial charge >= 0.3 is 11.5 Å². The van der Waals surface area contributed by atoms with Gasteiger partial charge in [-0.25, -0.2) is 0 Å². The number of hydrogen-bond donors (Lipinski definition) is 0. The molecule has 1 rings (SSSR count). The minimum Gasteiger partial charge on any atom is -0.497 e. The van der Waals surface area contributed by atoms with Gasteiger partial charge in [0.1, 0.15) is 11.8 Å². The molecule has 1 aromatic rings. The molecule has 0 N–H and O–H groups in total. The second-order valence-electron chi connectivity index (χ2n) is 3.80. The minimum absolute atomic E-state index is 0.139. The molecule has 0 aromatic heterocycles. The third-order valence-corrected chi connectivity index (χ3v) is 3.14. The topological polar surface area (TPSA) is 59.3 Å². The van der Waals surface area contributed by atoms with Crippen molar-refractivity contribution in [2.24, 2.45) is 0 Å². The van der Waals surface area contributed by atoms with Gasteiger partial charge in [0.15, 0.2) is 0 Å². The average Bonchev–Trinajstić information content (AvgIpc) is 2.36. The molecule has 0 aliphatic rings. The van der Waals surface area contributed by atoms with E-state index in [-0.39, 0.29) is 34.8 Å². The van der Waals surface area contributed by atoms with Gasteiger partial charge in [-0.15, -0.1) is 0 Å².